The van der Waals surface area contributed by atoms with Gasteiger partial charge >= 0.3 is 0 Å². The Labute approximate surface area is 94.2 Å². The highest BCUT2D eigenvalue weighted by atomic mass is 19.2. The van der Waals surface area contributed by atoms with Gasteiger partial charge in [0.25, 0.3) is 0 Å². The minimum atomic E-state index is -0.915. The lowest BCUT2D eigenvalue weighted by atomic mass is 10.1. The zero-order chi connectivity index (χ0) is 12.0. The SMILES string of the molecule is CCCOc1ccc(CCOC)c(F)c1F. The van der Waals surface area contributed by atoms with Crippen molar-refractivity contribution >= 4 is 0 Å². The lowest BCUT2D eigenvalue weighted by molar-refractivity contribution is 0.201. The monoisotopic (exact) mass is 230 g/mol. The largest absolute Gasteiger partial charge is 0.490 e. The highest BCUT2D eigenvalue weighted by Gasteiger charge is 2.13. The number of benzene rings is 1. The van der Waals surface area contributed by atoms with Crippen LogP contribution in [0.5, 0.6) is 5.75 Å². The van der Waals surface area contributed by atoms with Gasteiger partial charge in [-0.2, -0.15) is 4.39 Å². The van der Waals surface area contributed by atoms with Gasteiger partial charge in [-0.25, -0.2) is 4.39 Å². The van der Waals surface area contributed by atoms with Crippen molar-refractivity contribution in [2.45, 2.75) is 19.8 Å². The Balaban J connectivity index is 2.81. The first-order valence-electron chi connectivity index (χ1n) is 5.29. The molecule has 0 aliphatic carbocycles. The average molecular weight is 230 g/mol. The summed E-state index contributed by atoms with van der Waals surface area (Å²) in [5, 5.41) is 0. The molecule has 90 valence electrons. The Morgan fingerprint density at radius 2 is 1.88 bits per heavy atom. The van der Waals surface area contributed by atoms with Crippen LogP contribution in [0.2, 0.25) is 0 Å². The van der Waals surface area contributed by atoms with E-state index in [2.05, 4.69) is 0 Å². The fourth-order valence-corrected chi connectivity index (χ4v) is 1.30. The molecule has 0 aromatic heterocycles. The number of hydrogen-bond donors (Lipinski definition) is 0. The molecule has 0 fully saturated rings. The third-order valence-electron chi connectivity index (χ3n) is 2.16. The zero-order valence-corrected chi connectivity index (χ0v) is 9.56. The minimum absolute atomic E-state index is 0.0273. The molecule has 1 rings (SSSR count). The van der Waals surface area contributed by atoms with E-state index >= 15 is 0 Å². The van der Waals surface area contributed by atoms with Crippen molar-refractivity contribution in [1.82, 2.24) is 0 Å². The van der Waals surface area contributed by atoms with Gasteiger partial charge in [0.15, 0.2) is 11.6 Å². The lowest BCUT2D eigenvalue weighted by Gasteiger charge is -2.09. The number of halogens is 2. The van der Waals surface area contributed by atoms with Crippen LogP contribution in [-0.4, -0.2) is 20.3 Å². The molecule has 0 bridgehead atoms. The molecule has 1 aromatic carbocycles. The van der Waals surface area contributed by atoms with Crippen LogP contribution in [0.25, 0.3) is 0 Å². The predicted octanol–water partition coefficient (Wildman–Crippen LogP) is 2.94. The average Bonchev–Trinajstić information content (AvgIpc) is 2.30. The molecule has 1 aromatic rings. The molecule has 2 nitrogen and oxygen atoms in total. The predicted molar refractivity (Wildman–Crippen MR) is 57.7 cm³/mol. The quantitative estimate of drug-likeness (QED) is 0.748. The summed E-state index contributed by atoms with van der Waals surface area (Å²) in [5.74, 6) is -1.78. The molecule has 16 heavy (non-hydrogen) atoms. The van der Waals surface area contributed by atoms with Crippen LogP contribution in [0.15, 0.2) is 12.1 Å². The van der Waals surface area contributed by atoms with Crippen LogP contribution in [0, 0.1) is 11.6 Å². The second-order valence-corrected chi connectivity index (χ2v) is 3.44. The van der Waals surface area contributed by atoms with Crippen LogP contribution in [0.4, 0.5) is 8.78 Å². The molecule has 0 N–H and O–H groups in total. The van der Waals surface area contributed by atoms with E-state index in [1.807, 2.05) is 6.92 Å². The first-order valence-corrected chi connectivity index (χ1v) is 5.29. The highest BCUT2D eigenvalue weighted by Crippen LogP contribution is 2.23. The van der Waals surface area contributed by atoms with E-state index in [0.29, 0.717) is 25.2 Å². The Morgan fingerprint density at radius 3 is 2.50 bits per heavy atom. The maximum atomic E-state index is 13.5. The standard InChI is InChI=1S/C12H16F2O2/c1-3-7-16-10-5-4-9(6-8-15-2)11(13)12(10)14/h4-5H,3,6-8H2,1-2H3. The summed E-state index contributed by atoms with van der Waals surface area (Å²) in [4.78, 5) is 0. The van der Waals surface area contributed by atoms with Gasteiger partial charge in [0.2, 0.25) is 5.82 Å². The first-order chi connectivity index (χ1) is 7.70. The molecule has 0 saturated carbocycles. The molecule has 0 amide bonds. The van der Waals surface area contributed by atoms with Crippen LogP contribution in [0.3, 0.4) is 0 Å². The Morgan fingerprint density at radius 1 is 1.12 bits per heavy atom. The van der Waals surface area contributed by atoms with E-state index in [-0.39, 0.29) is 5.75 Å². The third-order valence-corrected chi connectivity index (χ3v) is 2.16. The van der Waals surface area contributed by atoms with E-state index in [1.54, 1.807) is 0 Å². The van der Waals surface area contributed by atoms with Crippen molar-refractivity contribution < 1.29 is 18.3 Å². The highest BCUT2D eigenvalue weighted by molar-refractivity contribution is 5.31. The summed E-state index contributed by atoms with van der Waals surface area (Å²) >= 11 is 0. The van der Waals surface area contributed by atoms with Crippen molar-refractivity contribution in [1.29, 1.82) is 0 Å². The van der Waals surface area contributed by atoms with Crippen LogP contribution >= 0.6 is 0 Å². The second kappa shape index (κ2) is 6.43. The van der Waals surface area contributed by atoms with Crippen molar-refractivity contribution in [2.75, 3.05) is 20.3 Å². The maximum Gasteiger partial charge on any atom is 0.200 e. The summed E-state index contributed by atoms with van der Waals surface area (Å²) in [6.45, 7) is 2.65. The van der Waals surface area contributed by atoms with E-state index in [4.69, 9.17) is 9.47 Å². The molecule has 0 saturated heterocycles. The normalized spacial score (nSPS) is 10.5. The molecule has 0 aliphatic rings. The smallest absolute Gasteiger partial charge is 0.200 e. The summed E-state index contributed by atoms with van der Waals surface area (Å²) in [6.07, 6.45) is 1.11. The van der Waals surface area contributed by atoms with Gasteiger partial charge in [0.1, 0.15) is 0 Å². The van der Waals surface area contributed by atoms with Gasteiger partial charge in [-0.3, -0.25) is 0 Å². The number of hydrogen-bond acceptors (Lipinski definition) is 2. The summed E-state index contributed by atoms with van der Waals surface area (Å²) in [7, 11) is 1.52. The molecule has 0 heterocycles. The summed E-state index contributed by atoms with van der Waals surface area (Å²) < 4.78 is 36.9. The van der Waals surface area contributed by atoms with Crippen LogP contribution < -0.4 is 4.74 Å². The van der Waals surface area contributed by atoms with Gasteiger partial charge in [-0.05, 0) is 24.5 Å². The second-order valence-electron chi connectivity index (χ2n) is 3.44. The lowest BCUT2D eigenvalue weighted by Crippen LogP contribution is -2.03. The Hall–Kier alpha value is -1.16. The Bertz CT molecular complexity index is 307. The molecule has 0 aliphatic heterocycles. The number of methoxy groups -OCH3 is 1. The number of rotatable bonds is 6. The Kier molecular flexibility index (Phi) is 5.19. The summed E-state index contributed by atoms with van der Waals surface area (Å²) in [5.41, 5.74) is 0.309. The van der Waals surface area contributed by atoms with Crippen LogP contribution in [-0.2, 0) is 11.2 Å². The van der Waals surface area contributed by atoms with Crippen molar-refractivity contribution in [3.8, 4) is 5.75 Å². The molecular formula is C12H16F2O2. The molecule has 0 unspecified atom stereocenters. The van der Waals surface area contributed by atoms with Gasteiger partial charge in [-0.1, -0.05) is 13.0 Å². The molecular weight excluding hydrogens is 214 g/mol. The fourth-order valence-electron chi connectivity index (χ4n) is 1.30. The first kappa shape index (κ1) is 12.9. The van der Waals surface area contributed by atoms with Gasteiger partial charge in [0.05, 0.1) is 13.2 Å². The maximum absolute atomic E-state index is 13.5. The zero-order valence-electron chi connectivity index (χ0n) is 9.56. The van der Waals surface area contributed by atoms with E-state index in [1.165, 1.54) is 19.2 Å². The van der Waals surface area contributed by atoms with Gasteiger partial charge < -0.3 is 9.47 Å². The topological polar surface area (TPSA) is 18.5 Å². The minimum Gasteiger partial charge on any atom is -0.490 e. The fraction of sp³-hybridized carbons (Fsp3) is 0.500. The summed E-state index contributed by atoms with van der Waals surface area (Å²) in [6, 6.07) is 2.99. The molecule has 0 spiro atoms. The number of ether oxygens (including phenoxy) is 2. The van der Waals surface area contributed by atoms with Gasteiger partial charge in [0, 0.05) is 7.11 Å². The molecule has 0 atom stereocenters. The molecule has 0 radical (unpaired) electrons. The van der Waals surface area contributed by atoms with Crippen molar-refractivity contribution in [3.05, 3.63) is 29.3 Å². The van der Waals surface area contributed by atoms with Crippen molar-refractivity contribution in [2.24, 2.45) is 0 Å². The van der Waals surface area contributed by atoms with E-state index < -0.39 is 11.6 Å². The third kappa shape index (κ3) is 3.17. The van der Waals surface area contributed by atoms with Crippen LogP contribution in [0.1, 0.15) is 18.9 Å². The molecule has 4 heteroatoms. The van der Waals surface area contributed by atoms with Crippen molar-refractivity contribution in [3.63, 3.8) is 0 Å². The van der Waals surface area contributed by atoms with Gasteiger partial charge in [-0.15, -0.1) is 0 Å². The van der Waals surface area contributed by atoms with E-state index in [0.717, 1.165) is 6.42 Å². The van der Waals surface area contributed by atoms with E-state index in [9.17, 15) is 8.78 Å².